The van der Waals surface area contributed by atoms with Gasteiger partial charge in [-0.05, 0) is 74.2 Å². The van der Waals surface area contributed by atoms with Crippen molar-refractivity contribution in [3.05, 3.63) is 64.7 Å². The second-order valence-electron chi connectivity index (χ2n) is 7.11. The van der Waals surface area contributed by atoms with E-state index in [1.165, 1.54) is 12.8 Å². The molecule has 1 N–H and O–H groups in total. The molecule has 0 saturated carbocycles. The number of hydrogen-bond donors (Lipinski definition) is 1. The molecule has 2 aromatic carbocycles. The molecule has 0 radical (unpaired) electrons. The number of hydrogen-bond acceptors (Lipinski definition) is 2. The van der Waals surface area contributed by atoms with Crippen LogP contribution in [-0.2, 0) is 0 Å². The van der Waals surface area contributed by atoms with Crippen molar-refractivity contribution in [2.24, 2.45) is 0 Å². The molecule has 1 aliphatic rings. The molecule has 0 atom stereocenters. The molecule has 2 aromatic rings. The fraction of sp³-hybridized carbons (Fsp3) is 0.364. The second-order valence-corrected chi connectivity index (χ2v) is 7.11. The minimum Gasteiger partial charge on any atom is -0.339 e. The van der Waals surface area contributed by atoms with Gasteiger partial charge >= 0.3 is 0 Å². The fourth-order valence-electron chi connectivity index (χ4n) is 3.47. The maximum atomic E-state index is 12.6. The minimum atomic E-state index is -0.163. The van der Waals surface area contributed by atoms with E-state index in [0.717, 1.165) is 42.7 Å². The summed E-state index contributed by atoms with van der Waals surface area (Å²) in [5, 5.41) is 2.93. The standard InChI is InChI=1S/C22H26N2O2/c1-16-13-17(2)15-20(14-16)23-21(25)18-7-9-19(10-8-18)22(26)24-11-5-3-4-6-12-24/h7-10,13-15H,3-6,11-12H2,1-2H3,(H,23,25). The molecule has 0 unspecified atom stereocenters. The summed E-state index contributed by atoms with van der Waals surface area (Å²) in [7, 11) is 0. The van der Waals surface area contributed by atoms with Crippen molar-refractivity contribution in [1.29, 1.82) is 0 Å². The average molecular weight is 350 g/mol. The zero-order valence-corrected chi connectivity index (χ0v) is 15.5. The molecule has 0 bridgehead atoms. The van der Waals surface area contributed by atoms with Crippen molar-refractivity contribution in [3.8, 4) is 0 Å². The van der Waals surface area contributed by atoms with Crippen LogP contribution >= 0.6 is 0 Å². The van der Waals surface area contributed by atoms with Crippen LogP contribution in [0.15, 0.2) is 42.5 Å². The van der Waals surface area contributed by atoms with E-state index in [1.807, 2.05) is 30.9 Å². The van der Waals surface area contributed by atoms with Gasteiger partial charge in [-0.15, -0.1) is 0 Å². The Morgan fingerprint density at radius 2 is 1.35 bits per heavy atom. The molecule has 1 fully saturated rings. The molecule has 1 heterocycles. The van der Waals surface area contributed by atoms with Crippen molar-refractivity contribution >= 4 is 17.5 Å². The lowest BCUT2D eigenvalue weighted by atomic mass is 10.1. The van der Waals surface area contributed by atoms with Gasteiger partial charge in [0.15, 0.2) is 0 Å². The smallest absolute Gasteiger partial charge is 0.255 e. The lowest BCUT2D eigenvalue weighted by Gasteiger charge is -2.20. The largest absolute Gasteiger partial charge is 0.339 e. The Bertz CT molecular complexity index is 768. The monoisotopic (exact) mass is 350 g/mol. The molecule has 4 heteroatoms. The molecular weight excluding hydrogens is 324 g/mol. The Kier molecular flexibility index (Phi) is 5.71. The predicted octanol–water partition coefficient (Wildman–Crippen LogP) is 4.57. The molecule has 0 aliphatic carbocycles. The quantitative estimate of drug-likeness (QED) is 0.881. The van der Waals surface area contributed by atoms with Crippen LogP contribution in [-0.4, -0.2) is 29.8 Å². The third-order valence-corrected chi connectivity index (χ3v) is 4.77. The van der Waals surface area contributed by atoms with Gasteiger partial charge in [0, 0.05) is 29.9 Å². The highest BCUT2D eigenvalue weighted by Gasteiger charge is 2.17. The number of carbonyl (C=O) groups excluding carboxylic acids is 2. The Morgan fingerprint density at radius 1 is 0.808 bits per heavy atom. The topological polar surface area (TPSA) is 49.4 Å². The van der Waals surface area contributed by atoms with Gasteiger partial charge in [0.2, 0.25) is 0 Å². The third-order valence-electron chi connectivity index (χ3n) is 4.77. The van der Waals surface area contributed by atoms with Crippen LogP contribution < -0.4 is 5.32 Å². The number of benzene rings is 2. The van der Waals surface area contributed by atoms with E-state index < -0.39 is 0 Å². The number of anilines is 1. The summed E-state index contributed by atoms with van der Waals surface area (Å²) in [4.78, 5) is 27.0. The number of carbonyl (C=O) groups is 2. The molecular formula is C22H26N2O2. The normalized spacial score (nSPS) is 14.6. The van der Waals surface area contributed by atoms with E-state index in [9.17, 15) is 9.59 Å². The first kappa shape index (κ1) is 18.2. The van der Waals surface area contributed by atoms with Gasteiger partial charge in [0.1, 0.15) is 0 Å². The van der Waals surface area contributed by atoms with Crippen molar-refractivity contribution < 1.29 is 9.59 Å². The molecule has 0 spiro atoms. The van der Waals surface area contributed by atoms with E-state index in [0.29, 0.717) is 11.1 Å². The van der Waals surface area contributed by atoms with Gasteiger partial charge in [-0.1, -0.05) is 18.9 Å². The van der Waals surface area contributed by atoms with E-state index in [-0.39, 0.29) is 11.8 Å². The van der Waals surface area contributed by atoms with Gasteiger partial charge in [0.25, 0.3) is 11.8 Å². The molecule has 4 nitrogen and oxygen atoms in total. The van der Waals surface area contributed by atoms with Crippen LogP contribution in [0.4, 0.5) is 5.69 Å². The average Bonchev–Trinajstić information content (AvgIpc) is 2.89. The van der Waals surface area contributed by atoms with Crippen LogP contribution in [0, 0.1) is 13.8 Å². The summed E-state index contributed by atoms with van der Waals surface area (Å²) in [5.41, 5.74) is 4.21. The highest BCUT2D eigenvalue weighted by Crippen LogP contribution is 2.17. The van der Waals surface area contributed by atoms with Gasteiger partial charge in [0.05, 0.1) is 0 Å². The van der Waals surface area contributed by atoms with E-state index >= 15 is 0 Å². The lowest BCUT2D eigenvalue weighted by Crippen LogP contribution is -2.31. The first-order valence-electron chi connectivity index (χ1n) is 9.32. The van der Waals surface area contributed by atoms with E-state index in [1.54, 1.807) is 24.3 Å². The number of aryl methyl sites for hydroxylation is 2. The van der Waals surface area contributed by atoms with Gasteiger partial charge < -0.3 is 10.2 Å². The van der Waals surface area contributed by atoms with Crippen LogP contribution in [0.1, 0.15) is 57.5 Å². The van der Waals surface area contributed by atoms with Crippen molar-refractivity contribution in [3.63, 3.8) is 0 Å². The fourth-order valence-corrected chi connectivity index (χ4v) is 3.47. The SMILES string of the molecule is Cc1cc(C)cc(NC(=O)c2ccc(C(=O)N3CCCCCC3)cc2)c1. The Hall–Kier alpha value is -2.62. The zero-order chi connectivity index (χ0) is 18.5. The number of nitrogens with zero attached hydrogens (tertiary/aromatic N) is 1. The van der Waals surface area contributed by atoms with Gasteiger partial charge in [-0.25, -0.2) is 0 Å². The Labute approximate surface area is 155 Å². The maximum absolute atomic E-state index is 12.6. The molecule has 2 amide bonds. The molecule has 3 rings (SSSR count). The summed E-state index contributed by atoms with van der Waals surface area (Å²) in [6.07, 6.45) is 4.53. The van der Waals surface area contributed by atoms with Crippen molar-refractivity contribution in [2.75, 3.05) is 18.4 Å². The van der Waals surface area contributed by atoms with Crippen molar-refractivity contribution in [1.82, 2.24) is 4.90 Å². The summed E-state index contributed by atoms with van der Waals surface area (Å²) in [6, 6.07) is 12.9. The van der Waals surface area contributed by atoms with Crippen molar-refractivity contribution in [2.45, 2.75) is 39.5 Å². The molecule has 1 saturated heterocycles. The number of amides is 2. The van der Waals surface area contributed by atoms with Crippen LogP contribution in [0.3, 0.4) is 0 Å². The summed E-state index contributed by atoms with van der Waals surface area (Å²) < 4.78 is 0. The Balaban J connectivity index is 1.68. The molecule has 26 heavy (non-hydrogen) atoms. The summed E-state index contributed by atoms with van der Waals surface area (Å²) >= 11 is 0. The number of nitrogens with one attached hydrogen (secondary N) is 1. The minimum absolute atomic E-state index is 0.0631. The zero-order valence-electron chi connectivity index (χ0n) is 15.5. The lowest BCUT2D eigenvalue weighted by molar-refractivity contribution is 0.0761. The molecule has 1 aliphatic heterocycles. The van der Waals surface area contributed by atoms with Gasteiger partial charge in [-0.2, -0.15) is 0 Å². The van der Waals surface area contributed by atoms with Crippen LogP contribution in [0.25, 0.3) is 0 Å². The summed E-state index contributed by atoms with van der Waals surface area (Å²) in [5.74, 6) is -0.100. The van der Waals surface area contributed by atoms with Crippen LogP contribution in [0.5, 0.6) is 0 Å². The van der Waals surface area contributed by atoms with Gasteiger partial charge in [-0.3, -0.25) is 9.59 Å². The maximum Gasteiger partial charge on any atom is 0.255 e. The summed E-state index contributed by atoms with van der Waals surface area (Å²) in [6.45, 7) is 5.67. The predicted molar refractivity (Wildman–Crippen MR) is 105 cm³/mol. The second kappa shape index (κ2) is 8.17. The van der Waals surface area contributed by atoms with E-state index in [4.69, 9.17) is 0 Å². The highest BCUT2D eigenvalue weighted by molar-refractivity contribution is 6.05. The van der Waals surface area contributed by atoms with E-state index in [2.05, 4.69) is 11.4 Å². The Morgan fingerprint density at radius 3 is 1.92 bits per heavy atom. The first-order chi connectivity index (χ1) is 12.5. The highest BCUT2D eigenvalue weighted by atomic mass is 16.2. The third kappa shape index (κ3) is 4.51. The molecule has 0 aromatic heterocycles. The number of likely N-dealkylation sites (tertiary alicyclic amines) is 1. The number of rotatable bonds is 3. The van der Waals surface area contributed by atoms with Crippen LogP contribution in [0.2, 0.25) is 0 Å². The first-order valence-corrected chi connectivity index (χ1v) is 9.32. The molecule has 136 valence electrons.